The first kappa shape index (κ1) is 15.8. The molecule has 2 aliphatic heterocycles. The number of rotatable bonds is 5. The molecule has 2 aromatic rings. The van der Waals surface area contributed by atoms with Crippen LogP contribution in [-0.4, -0.2) is 53.9 Å². The summed E-state index contributed by atoms with van der Waals surface area (Å²) in [6.45, 7) is 2.35. The Morgan fingerprint density at radius 2 is 2.12 bits per heavy atom. The molecule has 3 aliphatic rings. The molecular formula is C19H21N3O4. The van der Waals surface area contributed by atoms with E-state index in [-0.39, 0.29) is 23.8 Å². The number of fused-ring (bicyclic) bond motifs is 1. The molecular weight excluding hydrogens is 334 g/mol. The van der Waals surface area contributed by atoms with Crippen LogP contribution in [0, 0.1) is 5.92 Å². The molecule has 3 heterocycles. The van der Waals surface area contributed by atoms with Gasteiger partial charge >= 0.3 is 0 Å². The van der Waals surface area contributed by atoms with Crippen LogP contribution < -0.4 is 4.74 Å². The molecule has 5 rings (SSSR count). The summed E-state index contributed by atoms with van der Waals surface area (Å²) in [5.41, 5.74) is -0.372. The summed E-state index contributed by atoms with van der Waals surface area (Å²) >= 11 is 0. The van der Waals surface area contributed by atoms with Crippen LogP contribution >= 0.6 is 0 Å². The van der Waals surface area contributed by atoms with Crippen molar-refractivity contribution < 1.29 is 18.7 Å². The Bertz CT molecular complexity index is 804. The fourth-order valence-corrected chi connectivity index (χ4v) is 3.91. The topological polar surface area (TPSA) is 77.7 Å². The average molecular weight is 355 g/mol. The molecule has 1 aliphatic carbocycles. The SMILES string of the molecule is O=C(COc1ccccc1)N1C[C@@H]2COC[C@]2(c2nnc(C3CC3)o2)C1. The number of ether oxygens (including phenoxy) is 2. The van der Waals surface area contributed by atoms with Crippen molar-refractivity contribution in [2.24, 2.45) is 5.92 Å². The van der Waals surface area contributed by atoms with Gasteiger partial charge in [0.25, 0.3) is 5.91 Å². The molecule has 0 spiro atoms. The lowest BCUT2D eigenvalue weighted by atomic mass is 9.81. The van der Waals surface area contributed by atoms with Crippen molar-refractivity contribution >= 4 is 5.91 Å². The van der Waals surface area contributed by atoms with E-state index in [0.717, 1.165) is 18.7 Å². The quantitative estimate of drug-likeness (QED) is 0.813. The summed E-state index contributed by atoms with van der Waals surface area (Å²) in [5.74, 6) is 2.65. The Morgan fingerprint density at radius 3 is 2.92 bits per heavy atom. The molecule has 2 saturated heterocycles. The first-order valence-corrected chi connectivity index (χ1v) is 9.12. The van der Waals surface area contributed by atoms with E-state index in [2.05, 4.69) is 10.2 Å². The molecule has 7 heteroatoms. The Morgan fingerprint density at radius 1 is 1.27 bits per heavy atom. The van der Waals surface area contributed by atoms with E-state index in [1.165, 1.54) is 0 Å². The Kier molecular flexibility index (Phi) is 3.70. The van der Waals surface area contributed by atoms with Gasteiger partial charge in [-0.25, -0.2) is 0 Å². The van der Waals surface area contributed by atoms with Crippen molar-refractivity contribution in [1.29, 1.82) is 0 Å². The lowest BCUT2D eigenvalue weighted by Crippen LogP contribution is -2.39. The number of nitrogens with zero attached hydrogens (tertiary/aromatic N) is 3. The van der Waals surface area contributed by atoms with E-state index in [4.69, 9.17) is 13.9 Å². The normalized spacial score (nSPS) is 27.5. The standard InChI is InChI=1S/C19H21N3O4/c23-16(10-25-15-4-2-1-3-5-15)22-8-14-9-24-12-19(14,11-22)18-21-20-17(26-18)13-6-7-13/h1-5,13-14H,6-12H2/t14-,19-/m1/s1. The summed E-state index contributed by atoms with van der Waals surface area (Å²) in [6, 6.07) is 9.39. The number of hydrogen-bond donors (Lipinski definition) is 0. The third-order valence-corrected chi connectivity index (χ3v) is 5.63. The number of benzene rings is 1. The fraction of sp³-hybridized carbons (Fsp3) is 0.526. The van der Waals surface area contributed by atoms with E-state index in [1.807, 2.05) is 35.2 Å². The molecule has 0 unspecified atom stereocenters. The van der Waals surface area contributed by atoms with Crippen molar-refractivity contribution in [2.45, 2.75) is 24.2 Å². The van der Waals surface area contributed by atoms with Crippen molar-refractivity contribution in [1.82, 2.24) is 15.1 Å². The predicted octanol–water partition coefficient (Wildman–Crippen LogP) is 1.75. The zero-order chi connectivity index (χ0) is 17.6. The molecule has 7 nitrogen and oxygen atoms in total. The Balaban J connectivity index is 1.29. The minimum atomic E-state index is -0.372. The van der Waals surface area contributed by atoms with Gasteiger partial charge in [0.1, 0.15) is 5.75 Å². The van der Waals surface area contributed by atoms with Gasteiger partial charge < -0.3 is 18.8 Å². The number of likely N-dealkylation sites (tertiary alicyclic amines) is 1. The third kappa shape index (κ3) is 2.67. The van der Waals surface area contributed by atoms with Gasteiger partial charge in [0, 0.05) is 24.9 Å². The zero-order valence-corrected chi connectivity index (χ0v) is 14.5. The molecule has 0 N–H and O–H groups in total. The third-order valence-electron chi connectivity index (χ3n) is 5.63. The fourth-order valence-electron chi connectivity index (χ4n) is 3.91. The highest BCUT2D eigenvalue weighted by atomic mass is 16.5. The summed E-state index contributed by atoms with van der Waals surface area (Å²) in [5, 5.41) is 8.54. The second-order valence-corrected chi connectivity index (χ2v) is 7.46. The van der Waals surface area contributed by atoms with Crippen LogP contribution in [0.4, 0.5) is 0 Å². The minimum absolute atomic E-state index is 0.0236. The van der Waals surface area contributed by atoms with Gasteiger partial charge in [0.05, 0.1) is 18.6 Å². The second-order valence-electron chi connectivity index (χ2n) is 7.46. The smallest absolute Gasteiger partial charge is 0.260 e. The summed E-state index contributed by atoms with van der Waals surface area (Å²) in [7, 11) is 0. The highest BCUT2D eigenvalue weighted by Gasteiger charge is 2.56. The first-order chi connectivity index (χ1) is 12.7. The predicted molar refractivity (Wildman–Crippen MR) is 90.8 cm³/mol. The number of para-hydroxylation sites is 1. The van der Waals surface area contributed by atoms with Gasteiger partial charge in [0.15, 0.2) is 6.61 Å². The van der Waals surface area contributed by atoms with E-state index in [0.29, 0.717) is 43.9 Å². The lowest BCUT2D eigenvalue weighted by Gasteiger charge is -2.23. The van der Waals surface area contributed by atoms with E-state index in [1.54, 1.807) is 0 Å². The molecule has 0 radical (unpaired) electrons. The maximum atomic E-state index is 12.6. The average Bonchev–Trinajstić information content (AvgIpc) is 3.09. The summed E-state index contributed by atoms with van der Waals surface area (Å²) in [4.78, 5) is 14.5. The maximum absolute atomic E-state index is 12.6. The molecule has 2 atom stereocenters. The van der Waals surface area contributed by atoms with E-state index in [9.17, 15) is 4.79 Å². The highest BCUT2D eigenvalue weighted by Crippen LogP contribution is 2.45. The Hall–Kier alpha value is -2.41. The maximum Gasteiger partial charge on any atom is 0.260 e. The van der Waals surface area contributed by atoms with Crippen LogP contribution in [0.3, 0.4) is 0 Å². The van der Waals surface area contributed by atoms with Crippen molar-refractivity contribution in [3.05, 3.63) is 42.1 Å². The van der Waals surface area contributed by atoms with Crippen LogP contribution in [0.1, 0.15) is 30.5 Å². The summed E-state index contributed by atoms with van der Waals surface area (Å²) < 4.78 is 17.3. The molecule has 1 saturated carbocycles. The van der Waals surface area contributed by atoms with Crippen molar-refractivity contribution in [2.75, 3.05) is 32.9 Å². The minimum Gasteiger partial charge on any atom is -0.484 e. The van der Waals surface area contributed by atoms with Gasteiger partial charge in [-0.3, -0.25) is 4.79 Å². The molecule has 1 amide bonds. The largest absolute Gasteiger partial charge is 0.484 e. The molecule has 3 fully saturated rings. The highest BCUT2D eigenvalue weighted by molar-refractivity contribution is 5.78. The van der Waals surface area contributed by atoms with Gasteiger partial charge in [-0.15, -0.1) is 10.2 Å². The zero-order valence-electron chi connectivity index (χ0n) is 14.5. The van der Waals surface area contributed by atoms with Crippen LogP contribution in [-0.2, 0) is 14.9 Å². The van der Waals surface area contributed by atoms with Gasteiger partial charge in [-0.1, -0.05) is 18.2 Å². The first-order valence-electron chi connectivity index (χ1n) is 9.12. The number of carbonyl (C=O) groups is 1. The van der Waals surface area contributed by atoms with Gasteiger partial charge in [0.2, 0.25) is 11.8 Å². The molecule has 26 heavy (non-hydrogen) atoms. The number of amides is 1. The number of aromatic nitrogens is 2. The molecule has 1 aromatic carbocycles. The lowest BCUT2D eigenvalue weighted by molar-refractivity contribution is -0.132. The van der Waals surface area contributed by atoms with Crippen LogP contribution in [0.15, 0.2) is 34.7 Å². The molecule has 136 valence electrons. The number of carbonyl (C=O) groups excluding carboxylic acids is 1. The molecule has 0 bridgehead atoms. The van der Waals surface area contributed by atoms with E-state index < -0.39 is 0 Å². The van der Waals surface area contributed by atoms with Crippen molar-refractivity contribution in [3.8, 4) is 5.75 Å². The van der Waals surface area contributed by atoms with Crippen LogP contribution in [0.2, 0.25) is 0 Å². The second kappa shape index (κ2) is 6.09. The van der Waals surface area contributed by atoms with E-state index >= 15 is 0 Å². The number of hydrogen-bond acceptors (Lipinski definition) is 6. The summed E-state index contributed by atoms with van der Waals surface area (Å²) in [6.07, 6.45) is 2.24. The monoisotopic (exact) mass is 355 g/mol. The molecule has 1 aromatic heterocycles. The van der Waals surface area contributed by atoms with Crippen LogP contribution in [0.25, 0.3) is 0 Å². The van der Waals surface area contributed by atoms with Gasteiger partial charge in [-0.05, 0) is 25.0 Å². The van der Waals surface area contributed by atoms with Gasteiger partial charge in [-0.2, -0.15) is 0 Å². The Labute approximate surface area is 151 Å². The van der Waals surface area contributed by atoms with Crippen molar-refractivity contribution in [3.63, 3.8) is 0 Å². The van der Waals surface area contributed by atoms with Crippen LogP contribution in [0.5, 0.6) is 5.75 Å².